The summed E-state index contributed by atoms with van der Waals surface area (Å²) in [6.07, 6.45) is 1.57. The smallest absolute Gasteiger partial charge is 0.335 e. The summed E-state index contributed by atoms with van der Waals surface area (Å²) in [5.74, 6) is -2.22. The number of carboxylic acids is 1. The molecule has 214 valence electrons. The van der Waals surface area contributed by atoms with Gasteiger partial charge in [0.1, 0.15) is 29.9 Å². The van der Waals surface area contributed by atoms with Crippen molar-refractivity contribution in [2.24, 2.45) is 5.73 Å². The Kier molecular flexibility index (Phi) is 6.94. The summed E-state index contributed by atoms with van der Waals surface area (Å²) < 4.78 is 52.5. The van der Waals surface area contributed by atoms with E-state index in [9.17, 15) is 14.3 Å². The Hall–Kier alpha value is -4.70. The van der Waals surface area contributed by atoms with Crippen LogP contribution >= 0.6 is 0 Å². The minimum absolute atomic E-state index is 0.0328. The molecule has 0 spiro atoms. The van der Waals surface area contributed by atoms with Crippen molar-refractivity contribution in [2.75, 3.05) is 0 Å². The van der Waals surface area contributed by atoms with Crippen LogP contribution in [0.2, 0.25) is 0 Å². The van der Waals surface area contributed by atoms with Crippen molar-refractivity contribution in [3.05, 3.63) is 112 Å². The van der Waals surface area contributed by atoms with Crippen LogP contribution < -0.4 is 10.5 Å². The number of carbonyl (C=O) groups is 1. The van der Waals surface area contributed by atoms with Gasteiger partial charge in [-0.3, -0.25) is 0 Å². The van der Waals surface area contributed by atoms with E-state index in [1.807, 2.05) is 0 Å². The van der Waals surface area contributed by atoms with Gasteiger partial charge in [0.25, 0.3) is 0 Å². The number of halogens is 3. The minimum atomic E-state index is -1.07. The van der Waals surface area contributed by atoms with Crippen molar-refractivity contribution in [2.45, 2.75) is 44.9 Å². The number of nitrogens with two attached hydrogens (primary N) is 1. The number of nitrogens with zero attached hydrogens (tertiary/aromatic N) is 3. The second-order valence-corrected chi connectivity index (χ2v) is 10.8. The number of hydrogen-bond acceptors (Lipinski definition) is 5. The van der Waals surface area contributed by atoms with Gasteiger partial charge in [-0.15, -0.1) is 0 Å². The molecule has 0 atom stereocenters. The number of rotatable bonds is 9. The van der Waals surface area contributed by atoms with Gasteiger partial charge in [-0.1, -0.05) is 18.2 Å². The summed E-state index contributed by atoms with van der Waals surface area (Å²) in [5, 5.41) is 9.45. The molecule has 0 amide bonds. The number of fused-ring (bicyclic) bond motifs is 1. The first-order valence-corrected chi connectivity index (χ1v) is 13.4. The maximum atomic E-state index is 15.4. The topological polar surface area (TPSA) is 103 Å². The summed E-state index contributed by atoms with van der Waals surface area (Å²) in [6, 6.07) is 16.3. The molecule has 0 bridgehead atoms. The van der Waals surface area contributed by atoms with Gasteiger partial charge in [0, 0.05) is 35.7 Å². The van der Waals surface area contributed by atoms with Crippen molar-refractivity contribution >= 4 is 17.0 Å². The van der Waals surface area contributed by atoms with Gasteiger partial charge in [0.2, 0.25) is 5.88 Å². The third-order valence-corrected chi connectivity index (χ3v) is 7.51. The van der Waals surface area contributed by atoms with E-state index in [1.165, 1.54) is 24.3 Å². The molecule has 1 fully saturated rings. The summed E-state index contributed by atoms with van der Waals surface area (Å²) in [7, 11) is 0. The number of aryl methyl sites for hydroxylation is 1. The van der Waals surface area contributed by atoms with Crippen LogP contribution in [0.4, 0.5) is 13.2 Å². The largest absolute Gasteiger partial charge is 0.478 e. The number of ether oxygens (including phenoxy) is 1. The number of pyridine rings is 1. The zero-order valence-corrected chi connectivity index (χ0v) is 22.7. The van der Waals surface area contributed by atoms with E-state index in [2.05, 4.69) is 9.97 Å². The summed E-state index contributed by atoms with van der Waals surface area (Å²) in [6.45, 7) is 2.10. The number of benzene rings is 3. The van der Waals surface area contributed by atoms with Crippen LogP contribution in [0, 0.1) is 24.4 Å². The normalized spacial score (nSPS) is 13.8. The Bertz CT molecular complexity index is 1850. The van der Waals surface area contributed by atoms with Crippen molar-refractivity contribution in [1.82, 2.24) is 14.5 Å². The molecular formula is C32H27F3N4O3. The van der Waals surface area contributed by atoms with Gasteiger partial charge in [-0.05, 0) is 73.4 Å². The Morgan fingerprint density at radius 2 is 1.76 bits per heavy atom. The first-order chi connectivity index (χ1) is 20.1. The average Bonchev–Trinajstić information content (AvgIpc) is 3.60. The van der Waals surface area contributed by atoms with Crippen LogP contribution in [-0.2, 0) is 19.6 Å². The van der Waals surface area contributed by atoms with Crippen LogP contribution in [0.15, 0.2) is 66.7 Å². The monoisotopic (exact) mass is 572 g/mol. The maximum absolute atomic E-state index is 15.4. The van der Waals surface area contributed by atoms with Crippen molar-refractivity contribution in [3.63, 3.8) is 0 Å². The molecule has 7 nitrogen and oxygen atoms in total. The predicted octanol–water partition coefficient (Wildman–Crippen LogP) is 6.18. The van der Waals surface area contributed by atoms with Crippen molar-refractivity contribution in [1.29, 1.82) is 0 Å². The molecule has 5 aromatic rings. The molecule has 10 heteroatoms. The summed E-state index contributed by atoms with van der Waals surface area (Å²) in [5.41, 5.74) is 8.46. The lowest BCUT2D eigenvalue weighted by Gasteiger charge is -2.15. The third-order valence-electron chi connectivity index (χ3n) is 7.51. The van der Waals surface area contributed by atoms with E-state index in [-0.39, 0.29) is 41.3 Å². The SMILES string of the molecule is Cc1ccc(COc2cccc(-c3cc(F)c(Cc4nc5ccc(C(=O)O)cc5n4CC4(N)CC4)cc3F)n2)c(F)c1. The third kappa shape index (κ3) is 5.58. The molecule has 0 aliphatic heterocycles. The minimum Gasteiger partial charge on any atom is -0.478 e. The molecule has 2 aromatic heterocycles. The highest BCUT2D eigenvalue weighted by Gasteiger charge is 2.39. The van der Waals surface area contributed by atoms with E-state index in [0.29, 0.717) is 29.0 Å². The Balaban J connectivity index is 1.28. The van der Waals surface area contributed by atoms with Gasteiger partial charge in [0.15, 0.2) is 0 Å². The molecule has 1 aliphatic rings. The number of aromatic carboxylic acids is 1. The molecule has 0 radical (unpaired) electrons. The molecule has 3 N–H and O–H groups in total. The summed E-state index contributed by atoms with van der Waals surface area (Å²) >= 11 is 0. The van der Waals surface area contributed by atoms with Crippen LogP contribution in [0.3, 0.4) is 0 Å². The highest BCUT2D eigenvalue weighted by Crippen LogP contribution is 2.36. The molecule has 3 aromatic carbocycles. The number of hydrogen-bond donors (Lipinski definition) is 2. The molecular weight excluding hydrogens is 545 g/mol. The van der Waals surface area contributed by atoms with Crippen molar-refractivity contribution < 1.29 is 27.8 Å². The first kappa shape index (κ1) is 27.5. The van der Waals surface area contributed by atoms with E-state index in [1.54, 1.807) is 41.8 Å². The predicted molar refractivity (Wildman–Crippen MR) is 151 cm³/mol. The summed E-state index contributed by atoms with van der Waals surface area (Å²) in [4.78, 5) is 20.5. The zero-order chi connectivity index (χ0) is 29.6. The Morgan fingerprint density at radius 3 is 2.50 bits per heavy atom. The highest BCUT2D eigenvalue weighted by molar-refractivity contribution is 5.92. The van der Waals surface area contributed by atoms with E-state index >= 15 is 8.78 Å². The Labute approximate surface area is 239 Å². The molecule has 2 heterocycles. The van der Waals surface area contributed by atoms with E-state index in [0.717, 1.165) is 30.5 Å². The highest BCUT2D eigenvalue weighted by atomic mass is 19.1. The van der Waals surface area contributed by atoms with Gasteiger partial charge >= 0.3 is 5.97 Å². The molecule has 0 unspecified atom stereocenters. The van der Waals surface area contributed by atoms with E-state index < -0.39 is 29.0 Å². The van der Waals surface area contributed by atoms with Gasteiger partial charge in [-0.2, -0.15) is 0 Å². The molecule has 1 aliphatic carbocycles. The van der Waals surface area contributed by atoms with Crippen LogP contribution in [-0.4, -0.2) is 31.1 Å². The lowest BCUT2D eigenvalue weighted by molar-refractivity contribution is 0.0697. The zero-order valence-electron chi connectivity index (χ0n) is 22.7. The number of carboxylic acid groups (broad SMARTS) is 1. The van der Waals surface area contributed by atoms with Gasteiger partial charge in [0.05, 0.1) is 22.3 Å². The second-order valence-electron chi connectivity index (χ2n) is 10.8. The fourth-order valence-corrected chi connectivity index (χ4v) is 4.91. The maximum Gasteiger partial charge on any atom is 0.335 e. The lowest BCUT2D eigenvalue weighted by atomic mass is 10.0. The number of imidazole rings is 1. The fraction of sp³-hybridized carbons (Fsp3) is 0.219. The molecule has 42 heavy (non-hydrogen) atoms. The van der Waals surface area contributed by atoms with Gasteiger partial charge < -0.3 is 20.1 Å². The van der Waals surface area contributed by atoms with E-state index in [4.69, 9.17) is 10.5 Å². The quantitative estimate of drug-likeness (QED) is 0.219. The standard InChI is InChI=1S/C32H27F3N4O3/c1-18-5-6-20(23(33)11-18)16-42-30-4-2-3-26(38-30)22-15-24(34)21(12-25(22)35)14-29-37-27-8-7-19(31(40)41)13-28(27)39(29)17-32(36)9-10-32/h2-8,11-13,15H,9-10,14,16-17,36H2,1H3,(H,40,41). The van der Waals surface area contributed by atoms with Gasteiger partial charge in [-0.25, -0.2) is 27.9 Å². The average molecular weight is 573 g/mol. The lowest BCUT2D eigenvalue weighted by Crippen LogP contribution is -2.29. The van der Waals surface area contributed by atoms with Crippen LogP contribution in [0.25, 0.3) is 22.3 Å². The van der Waals surface area contributed by atoms with Crippen molar-refractivity contribution in [3.8, 4) is 17.1 Å². The Morgan fingerprint density at radius 1 is 0.976 bits per heavy atom. The number of aromatic nitrogens is 3. The molecule has 0 saturated heterocycles. The first-order valence-electron chi connectivity index (χ1n) is 13.4. The fourth-order valence-electron chi connectivity index (χ4n) is 4.91. The molecule has 6 rings (SSSR count). The second kappa shape index (κ2) is 10.6. The van der Waals surface area contributed by atoms with Crippen LogP contribution in [0.5, 0.6) is 5.88 Å². The molecule has 1 saturated carbocycles. The van der Waals surface area contributed by atoms with Crippen LogP contribution in [0.1, 0.15) is 45.7 Å².